The molecule has 0 amide bonds. The van der Waals surface area contributed by atoms with Crippen molar-refractivity contribution in [1.82, 2.24) is 0 Å². The van der Waals surface area contributed by atoms with Gasteiger partial charge in [0.15, 0.2) is 0 Å². The predicted molar refractivity (Wildman–Crippen MR) is 32.1 cm³/mol. The molecule has 1 unspecified atom stereocenters. The van der Waals surface area contributed by atoms with Crippen LogP contribution < -0.4 is 0 Å². The van der Waals surface area contributed by atoms with Crippen LogP contribution in [0.3, 0.4) is 0 Å². The van der Waals surface area contributed by atoms with Crippen molar-refractivity contribution in [1.29, 1.82) is 0 Å². The second kappa shape index (κ2) is 3.36. The maximum atomic E-state index is 3.02. The van der Waals surface area contributed by atoms with Gasteiger partial charge in [0.05, 0.1) is 0 Å². The van der Waals surface area contributed by atoms with Crippen molar-refractivity contribution in [3.05, 3.63) is 0 Å². The van der Waals surface area contributed by atoms with Crippen molar-refractivity contribution in [3.8, 4) is 0 Å². The maximum absolute atomic E-state index is 3.02. The van der Waals surface area contributed by atoms with Crippen molar-refractivity contribution < 1.29 is 0 Å². The third kappa shape index (κ3) is 5.17. The van der Waals surface area contributed by atoms with Crippen molar-refractivity contribution in [2.75, 3.05) is 12.9 Å². The quantitative estimate of drug-likeness (QED) is 0.426. The predicted octanol–water partition coefficient (Wildman–Crippen LogP) is 1.46. The first kappa shape index (κ1) is 6.17. The van der Waals surface area contributed by atoms with Gasteiger partial charge < -0.3 is 0 Å². The first-order chi connectivity index (χ1) is 2.27. The summed E-state index contributed by atoms with van der Waals surface area (Å²) in [4.78, 5) is 0. The molecule has 0 aromatic heterocycles. The summed E-state index contributed by atoms with van der Waals surface area (Å²) in [6, 6.07) is 0. The molecule has 0 aliphatic rings. The fourth-order valence-corrected chi connectivity index (χ4v) is 0. The molecule has 1 atom stereocenters. The fraction of sp³-hybridized carbons (Fsp3) is 1.00. The van der Waals surface area contributed by atoms with Gasteiger partial charge in [0, 0.05) is 0 Å². The Labute approximate surface area is 45.1 Å². The van der Waals surface area contributed by atoms with E-state index in [1.54, 1.807) is 0 Å². The summed E-state index contributed by atoms with van der Waals surface area (Å²) in [7, 11) is 0. The normalized spacial score (nSPS) is 11.2. The molecule has 0 rings (SSSR count). The monoisotopic (exact) mass is 173 g/mol. The van der Waals surface area contributed by atoms with Gasteiger partial charge in [-0.15, -0.1) is 0 Å². The summed E-state index contributed by atoms with van der Waals surface area (Å²) in [6.45, 7) is 2.19. The van der Waals surface area contributed by atoms with Crippen LogP contribution in [0.2, 0.25) is 0 Å². The molecule has 3 heteroatoms. The van der Waals surface area contributed by atoms with Crippen LogP contribution in [-0.4, -0.2) is 28.0 Å². The molecule has 0 aliphatic carbocycles. The van der Waals surface area contributed by atoms with Gasteiger partial charge in [-0.25, -0.2) is 0 Å². The van der Waals surface area contributed by atoms with Crippen LogP contribution >= 0.6 is 16.8 Å². The van der Waals surface area contributed by atoms with E-state index >= 15 is 0 Å². The molecule has 0 saturated heterocycles. The number of rotatable bonds is 1. The fourth-order valence-electron chi connectivity index (χ4n) is 0. The Morgan fingerprint density at radius 3 is 2.00 bits per heavy atom. The molecular weight excluding hydrogens is 166 g/mol. The summed E-state index contributed by atoms with van der Waals surface area (Å²) in [5.41, 5.74) is 0. The van der Waals surface area contributed by atoms with Crippen molar-refractivity contribution >= 4 is 31.8 Å². The SMILES string of the molecule is CS[P+](C)=[Se]. The molecular formula is C2H6PSSe+. The van der Waals surface area contributed by atoms with Crippen LogP contribution in [0.4, 0.5) is 0 Å². The third-order valence-electron chi connectivity index (χ3n) is 0.257. The van der Waals surface area contributed by atoms with Gasteiger partial charge >= 0.3 is 44.8 Å². The Balaban J connectivity index is 2.85. The molecule has 0 fully saturated rings. The molecule has 30 valence electrons. The Morgan fingerprint density at radius 2 is 2.00 bits per heavy atom. The van der Waals surface area contributed by atoms with E-state index in [0.29, 0.717) is 0 Å². The van der Waals surface area contributed by atoms with Gasteiger partial charge in [0.1, 0.15) is 0 Å². The van der Waals surface area contributed by atoms with Gasteiger partial charge in [0.25, 0.3) is 0 Å². The zero-order valence-corrected chi connectivity index (χ0v) is 6.69. The van der Waals surface area contributed by atoms with E-state index in [1.807, 2.05) is 11.4 Å². The minimum atomic E-state index is 0.193. The molecule has 0 bridgehead atoms. The topological polar surface area (TPSA) is 0 Å². The Kier molecular flexibility index (Phi) is 4.15. The molecule has 5 heavy (non-hydrogen) atoms. The van der Waals surface area contributed by atoms with Gasteiger partial charge in [-0.1, -0.05) is 0 Å². The van der Waals surface area contributed by atoms with Crippen LogP contribution in [-0.2, 0) is 0 Å². The van der Waals surface area contributed by atoms with Crippen molar-refractivity contribution in [3.63, 3.8) is 0 Å². The standard InChI is InChI=1S/C2H6PSSe/c1-3(5)4-2/h1-2H3/q+1. The van der Waals surface area contributed by atoms with E-state index in [-0.39, 0.29) is 5.37 Å². The van der Waals surface area contributed by atoms with Crippen LogP contribution in [0.25, 0.3) is 0 Å². The van der Waals surface area contributed by atoms with Crippen LogP contribution in [0.5, 0.6) is 0 Å². The molecule has 0 saturated carbocycles. The van der Waals surface area contributed by atoms with Gasteiger partial charge in [-0.2, -0.15) is 0 Å². The molecule has 0 aromatic carbocycles. The molecule has 0 spiro atoms. The van der Waals surface area contributed by atoms with Crippen molar-refractivity contribution in [2.24, 2.45) is 0 Å². The summed E-state index contributed by atoms with van der Waals surface area (Å²) in [5, 5.41) is 0.193. The van der Waals surface area contributed by atoms with Crippen molar-refractivity contribution in [2.45, 2.75) is 0 Å². The molecule has 0 nitrogen and oxygen atoms in total. The molecule has 0 aliphatic heterocycles. The first-order valence-electron chi connectivity index (χ1n) is 1.22. The molecule has 0 heterocycles. The van der Waals surface area contributed by atoms with Gasteiger partial charge in [-0.3, -0.25) is 0 Å². The summed E-state index contributed by atoms with van der Waals surface area (Å²) >= 11 is 4.91. The third-order valence-corrected chi connectivity index (χ3v) is 5.13. The second-order valence-corrected chi connectivity index (χ2v) is 9.62. The Hall–Kier alpha value is 1.17. The second-order valence-electron chi connectivity index (χ2n) is 0.622. The van der Waals surface area contributed by atoms with E-state index < -0.39 is 0 Å². The van der Waals surface area contributed by atoms with Gasteiger partial charge in [-0.05, 0) is 0 Å². The van der Waals surface area contributed by atoms with Crippen LogP contribution in [0.1, 0.15) is 0 Å². The molecule has 0 aromatic rings. The van der Waals surface area contributed by atoms with Gasteiger partial charge in [0.2, 0.25) is 0 Å². The summed E-state index contributed by atoms with van der Waals surface area (Å²) < 4.78 is 0. The number of hydrogen-bond acceptors (Lipinski definition) is 1. The Morgan fingerprint density at radius 1 is 1.80 bits per heavy atom. The van der Waals surface area contributed by atoms with E-state index in [4.69, 9.17) is 0 Å². The zero-order chi connectivity index (χ0) is 4.28. The summed E-state index contributed by atoms with van der Waals surface area (Å²) in [5.74, 6) is 0. The Bertz CT molecular complexity index is 44.9. The van der Waals surface area contributed by atoms with E-state index in [1.165, 1.54) is 0 Å². The first-order valence-corrected chi connectivity index (χ1v) is 7.06. The average Bonchev–Trinajstić information content (AvgIpc) is 1.38. The van der Waals surface area contributed by atoms with E-state index in [0.717, 1.165) is 0 Å². The van der Waals surface area contributed by atoms with E-state index in [9.17, 15) is 0 Å². The molecule has 0 radical (unpaired) electrons. The summed E-state index contributed by atoms with van der Waals surface area (Å²) in [6.07, 6.45) is 2.11. The van der Waals surface area contributed by atoms with Crippen LogP contribution in [0, 0.1) is 0 Å². The average molecular weight is 172 g/mol. The van der Waals surface area contributed by atoms with Crippen LogP contribution in [0.15, 0.2) is 0 Å². The van der Waals surface area contributed by atoms with E-state index in [2.05, 4.69) is 28.0 Å². The minimum absolute atomic E-state index is 0.193. The number of hydrogen-bond donors (Lipinski definition) is 0. The zero-order valence-electron chi connectivity index (χ0n) is 3.26. The molecule has 0 N–H and O–H groups in total.